The number of benzene rings is 1. The Bertz CT molecular complexity index is 1100. The molecule has 3 rings (SSSR count). The van der Waals surface area contributed by atoms with Gasteiger partial charge >= 0.3 is 5.69 Å². The highest BCUT2D eigenvalue weighted by atomic mass is 35.5. The van der Waals surface area contributed by atoms with Crippen molar-refractivity contribution < 1.29 is 4.79 Å². The van der Waals surface area contributed by atoms with E-state index in [1.165, 1.54) is 17.9 Å². The highest BCUT2D eigenvalue weighted by molar-refractivity contribution is 6.33. The van der Waals surface area contributed by atoms with E-state index >= 15 is 0 Å². The van der Waals surface area contributed by atoms with Crippen LogP contribution >= 0.6 is 11.6 Å². The van der Waals surface area contributed by atoms with Gasteiger partial charge in [0, 0.05) is 27.1 Å². The number of anilines is 1. The summed E-state index contributed by atoms with van der Waals surface area (Å²) in [5, 5.41) is 3.24. The number of imidazole rings is 1. The number of nitrogens with zero attached hydrogens (tertiary/aromatic N) is 4. The van der Waals surface area contributed by atoms with E-state index in [9.17, 15) is 14.4 Å². The monoisotopic (exact) mass is 375 g/mol. The maximum Gasteiger partial charge on any atom is 0.332 e. The SMILES string of the molecule is Cn1c(=O)c2c(ncn2CCCC(=O)Nc2ccccc2Cl)n(C)c1=O. The number of rotatable bonds is 5. The van der Waals surface area contributed by atoms with Crippen molar-refractivity contribution in [3.05, 3.63) is 56.5 Å². The topological polar surface area (TPSA) is 90.9 Å². The molecule has 26 heavy (non-hydrogen) atoms. The Balaban J connectivity index is 1.71. The molecule has 1 N–H and O–H groups in total. The van der Waals surface area contributed by atoms with Gasteiger partial charge in [-0.1, -0.05) is 23.7 Å². The molecule has 0 fully saturated rings. The molecule has 0 saturated carbocycles. The van der Waals surface area contributed by atoms with E-state index < -0.39 is 11.2 Å². The van der Waals surface area contributed by atoms with Crippen LogP contribution in [0.2, 0.25) is 5.02 Å². The molecular weight excluding hydrogens is 358 g/mol. The van der Waals surface area contributed by atoms with Gasteiger partial charge < -0.3 is 9.88 Å². The smallest absolute Gasteiger partial charge is 0.325 e. The largest absolute Gasteiger partial charge is 0.332 e. The first-order valence-corrected chi connectivity index (χ1v) is 8.43. The molecule has 0 aliphatic heterocycles. The molecule has 136 valence electrons. The van der Waals surface area contributed by atoms with E-state index in [1.807, 2.05) is 0 Å². The van der Waals surface area contributed by atoms with Crippen LogP contribution < -0.4 is 16.6 Å². The number of nitrogens with one attached hydrogen (secondary N) is 1. The molecule has 8 nitrogen and oxygen atoms in total. The molecule has 0 radical (unpaired) electrons. The number of amides is 1. The van der Waals surface area contributed by atoms with Crippen molar-refractivity contribution in [3.8, 4) is 0 Å². The van der Waals surface area contributed by atoms with Gasteiger partial charge in [0.05, 0.1) is 17.0 Å². The van der Waals surface area contributed by atoms with Crippen LogP contribution in [0.1, 0.15) is 12.8 Å². The maximum absolute atomic E-state index is 12.4. The molecule has 0 unspecified atom stereocenters. The second-order valence-corrected chi connectivity index (χ2v) is 6.35. The summed E-state index contributed by atoms with van der Waals surface area (Å²) >= 11 is 6.02. The Labute approximate surface area is 153 Å². The predicted octanol–water partition coefficient (Wildman–Crippen LogP) is 1.51. The lowest BCUT2D eigenvalue weighted by molar-refractivity contribution is -0.116. The van der Waals surface area contributed by atoms with Crippen molar-refractivity contribution in [2.24, 2.45) is 14.1 Å². The standard InChI is InChI=1S/C17H18ClN5O3/c1-21-15-14(16(25)22(2)17(21)26)23(10-19-15)9-5-8-13(24)20-12-7-4-3-6-11(12)18/h3-4,6-7,10H,5,8-9H2,1-2H3,(H,20,24). The van der Waals surface area contributed by atoms with Crippen LogP contribution in [0.15, 0.2) is 40.2 Å². The second kappa shape index (κ2) is 7.17. The highest BCUT2D eigenvalue weighted by Crippen LogP contribution is 2.20. The number of aromatic nitrogens is 4. The summed E-state index contributed by atoms with van der Waals surface area (Å²) in [4.78, 5) is 40.5. The van der Waals surface area contributed by atoms with E-state index in [0.29, 0.717) is 34.8 Å². The second-order valence-electron chi connectivity index (χ2n) is 5.95. The van der Waals surface area contributed by atoms with Gasteiger partial charge in [-0.05, 0) is 18.6 Å². The van der Waals surface area contributed by atoms with Gasteiger partial charge in [-0.3, -0.25) is 18.7 Å². The number of hydrogen-bond donors (Lipinski definition) is 1. The summed E-state index contributed by atoms with van der Waals surface area (Å²) in [6, 6.07) is 7.01. The van der Waals surface area contributed by atoms with Gasteiger partial charge in [-0.15, -0.1) is 0 Å². The van der Waals surface area contributed by atoms with Crippen molar-refractivity contribution in [1.82, 2.24) is 18.7 Å². The molecule has 0 saturated heterocycles. The zero-order chi connectivity index (χ0) is 18.8. The van der Waals surface area contributed by atoms with Crippen molar-refractivity contribution >= 4 is 34.4 Å². The van der Waals surface area contributed by atoms with Crippen LogP contribution in [0.4, 0.5) is 5.69 Å². The summed E-state index contributed by atoms with van der Waals surface area (Å²) in [6.45, 7) is 0.430. The molecule has 2 aromatic heterocycles. The minimum atomic E-state index is -0.424. The molecule has 1 aromatic carbocycles. The van der Waals surface area contributed by atoms with Crippen molar-refractivity contribution in [3.63, 3.8) is 0 Å². The third kappa shape index (κ3) is 3.28. The van der Waals surface area contributed by atoms with Crippen LogP contribution in [0.25, 0.3) is 11.2 Å². The number of carbonyl (C=O) groups is 1. The molecular formula is C17H18ClN5O3. The van der Waals surface area contributed by atoms with Crippen LogP contribution in [0, 0.1) is 0 Å². The summed E-state index contributed by atoms with van der Waals surface area (Å²) in [5.41, 5.74) is 0.420. The van der Waals surface area contributed by atoms with E-state index in [2.05, 4.69) is 10.3 Å². The van der Waals surface area contributed by atoms with E-state index in [-0.39, 0.29) is 12.3 Å². The third-order valence-corrected chi connectivity index (χ3v) is 4.50. The zero-order valence-electron chi connectivity index (χ0n) is 14.4. The predicted molar refractivity (Wildman–Crippen MR) is 99.5 cm³/mol. The van der Waals surface area contributed by atoms with E-state index in [0.717, 1.165) is 4.57 Å². The van der Waals surface area contributed by atoms with Gasteiger partial charge in [0.2, 0.25) is 5.91 Å². The Morgan fingerprint density at radius 2 is 1.92 bits per heavy atom. The maximum atomic E-state index is 12.4. The molecule has 0 bridgehead atoms. The normalized spacial score (nSPS) is 11.0. The number of aryl methyl sites for hydroxylation is 2. The first-order valence-electron chi connectivity index (χ1n) is 8.05. The van der Waals surface area contributed by atoms with Gasteiger partial charge in [-0.25, -0.2) is 9.78 Å². The molecule has 0 aliphatic rings. The summed E-state index contributed by atoms with van der Waals surface area (Å²) in [6.07, 6.45) is 2.28. The van der Waals surface area contributed by atoms with Gasteiger partial charge in [0.15, 0.2) is 11.2 Å². The number of fused-ring (bicyclic) bond motifs is 1. The first-order chi connectivity index (χ1) is 12.4. The third-order valence-electron chi connectivity index (χ3n) is 4.17. The molecule has 0 spiro atoms. The minimum absolute atomic E-state index is 0.164. The Morgan fingerprint density at radius 1 is 1.19 bits per heavy atom. The van der Waals surface area contributed by atoms with E-state index in [4.69, 9.17) is 11.6 Å². The van der Waals surface area contributed by atoms with Crippen LogP contribution in [0.5, 0.6) is 0 Å². The van der Waals surface area contributed by atoms with Crippen LogP contribution in [-0.2, 0) is 25.4 Å². The highest BCUT2D eigenvalue weighted by Gasteiger charge is 2.14. The Kier molecular flexibility index (Phi) is 4.94. The number of carbonyl (C=O) groups excluding carboxylic acids is 1. The van der Waals surface area contributed by atoms with Crippen LogP contribution in [0.3, 0.4) is 0 Å². The fourth-order valence-electron chi connectivity index (χ4n) is 2.75. The molecule has 9 heteroatoms. The van der Waals surface area contributed by atoms with Gasteiger partial charge in [0.1, 0.15) is 0 Å². The van der Waals surface area contributed by atoms with Crippen molar-refractivity contribution in [1.29, 1.82) is 0 Å². The summed E-state index contributed by atoms with van der Waals surface area (Å²) in [7, 11) is 3.00. The lowest BCUT2D eigenvalue weighted by atomic mass is 10.2. The summed E-state index contributed by atoms with van der Waals surface area (Å²) in [5.74, 6) is -0.164. The average molecular weight is 376 g/mol. The van der Waals surface area contributed by atoms with Crippen molar-refractivity contribution in [2.45, 2.75) is 19.4 Å². The number of halogens is 1. The lowest BCUT2D eigenvalue weighted by Gasteiger charge is -2.08. The average Bonchev–Trinajstić information content (AvgIpc) is 3.04. The van der Waals surface area contributed by atoms with Crippen LogP contribution in [-0.4, -0.2) is 24.6 Å². The van der Waals surface area contributed by atoms with E-state index in [1.54, 1.807) is 35.9 Å². The molecule has 2 heterocycles. The molecule has 3 aromatic rings. The quantitative estimate of drug-likeness (QED) is 0.731. The Morgan fingerprint density at radius 3 is 2.65 bits per heavy atom. The zero-order valence-corrected chi connectivity index (χ0v) is 15.2. The van der Waals surface area contributed by atoms with Gasteiger partial charge in [-0.2, -0.15) is 0 Å². The Hall–Kier alpha value is -2.87. The number of para-hydroxylation sites is 1. The molecule has 1 amide bonds. The fourth-order valence-corrected chi connectivity index (χ4v) is 2.93. The lowest BCUT2D eigenvalue weighted by Crippen LogP contribution is -2.37. The molecule has 0 atom stereocenters. The van der Waals surface area contributed by atoms with Gasteiger partial charge in [0.25, 0.3) is 5.56 Å². The fraction of sp³-hybridized carbons (Fsp3) is 0.294. The first kappa shape index (κ1) is 17.9. The number of hydrogen-bond acceptors (Lipinski definition) is 4. The summed E-state index contributed by atoms with van der Waals surface area (Å²) < 4.78 is 4.04. The van der Waals surface area contributed by atoms with Crippen molar-refractivity contribution in [2.75, 3.05) is 5.32 Å². The minimum Gasteiger partial charge on any atom is -0.325 e. The molecule has 0 aliphatic carbocycles.